The van der Waals surface area contributed by atoms with Gasteiger partial charge >= 0.3 is 0 Å². The normalized spacial score (nSPS) is 21.0. The number of halogens is 2. The average Bonchev–Trinajstić information content (AvgIpc) is 2.32. The number of benzene rings is 1. The maximum Gasteiger partial charge on any atom is 0.0438 e. The predicted molar refractivity (Wildman–Crippen MR) is 73.1 cm³/mol. The molecule has 16 heavy (non-hydrogen) atoms. The highest BCUT2D eigenvalue weighted by Gasteiger charge is 2.13. The maximum absolute atomic E-state index is 6.18. The Bertz CT molecular complexity index is 348. The van der Waals surface area contributed by atoms with E-state index in [1.165, 1.54) is 37.9 Å². The standard InChI is InChI=1S/C13H17BrClN/c14-12-5-6-13(15)11(8-12)4-3-10-2-1-7-16-9-10/h5-6,8,10,16H,1-4,7,9H2. The van der Waals surface area contributed by atoms with Gasteiger partial charge in [0.25, 0.3) is 0 Å². The molecule has 1 aromatic carbocycles. The third-order valence-corrected chi connectivity index (χ3v) is 4.09. The van der Waals surface area contributed by atoms with Gasteiger partial charge in [-0.15, -0.1) is 0 Å². The van der Waals surface area contributed by atoms with Crippen LogP contribution in [0.2, 0.25) is 5.02 Å². The number of hydrogen-bond donors (Lipinski definition) is 1. The molecule has 0 saturated carbocycles. The van der Waals surface area contributed by atoms with Gasteiger partial charge in [0.05, 0.1) is 0 Å². The first-order chi connectivity index (χ1) is 7.75. The summed E-state index contributed by atoms with van der Waals surface area (Å²) in [6.07, 6.45) is 5.00. The minimum Gasteiger partial charge on any atom is -0.316 e. The zero-order valence-corrected chi connectivity index (χ0v) is 11.6. The number of aryl methyl sites for hydroxylation is 1. The molecule has 0 bridgehead atoms. The molecular formula is C13H17BrClN. The summed E-state index contributed by atoms with van der Waals surface area (Å²) in [7, 11) is 0. The third-order valence-electron chi connectivity index (χ3n) is 3.23. The van der Waals surface area contributed by atoms with Crippen molar-refractivity contribution in [2.45, 2.75) is 25.7 Å². The molecule has 0 aliphatic carbocycles. The molecule has 1 nitrogen and oxygen atoms in total. The molecule has 1 unspecified atom stereocenters. The lowest BCUT2D eigenvalue weighted by atomic mass is 9.93. The van der Waals surface area contributed by atoms with Crippen LogP contribution in [-0.2, 0) is 6.42 Å². The molecule has 1 aromatic rings. The number of hydrogen-bond acceptors (Lipinski definition) is 1. The summed E-state index contributed by atoms with van der Waals surface area (Å²) in [5.74, 6) is 0.823. The molecular weight excluding hydrogens is 286 g/mol. The fraction of sp³-hybridized carbons (Fsp3) is 0.538. The number of nitrogens with one attached hydrogen (secondary N) is 1. The number of piperidine rings is 1. The minimum absolute atomic E-state index is 0.823. The van der Waals surface area contributed by atoms with Crippen LogP contribution in [-0.4, -0.2) is 13.1 Å². The highest BCUT2D eigenvalue weighted by atomic mass is 79.9. The molecule has 1 heterocycles. The fourth-order valence-corrected chi connectivity index (χ4v) is 2.89. The molecule has 0 radical (unpaired) electrons. The molecule has 1 aliphatic heterocycles. The quantitative estimate of drug-likeness (QED) is 0.889. The molecule has 1 aliphatic rings. The van der Waals surface area contributed by atoms with Crippen molar-refractivity contribution in [3.63, 3.8) is 0 Å². The summed E-state index contributed by atoms with van der Waals surface area (Å²) in [6.45, 7) is 2.36. The van der Waals surface area contributed by atoms with Crippen molar-refractivity contribution in [1.82, 2.24) is 5.32 Å². The first-order valence-corrected chi connectivity index (χ1v) is 7.07. The topological polar surface area (TPSA) is 12.0 Å². The van der Waals surface area contributed by atoms with E-state index in [4.69, 9.17) is 11.6 Å². The Kier molecular flexibility index (Phi) is 4.68. The van der Waals surface area contributed by atoms with Crippen molar-refractivity contribution in [2.75, 3.05) is 13.1 Å². The van der Waals surface area contributed by atoms with Gasteiger partial charge in [-0.3, -0.25) is 0 Å². The number of rotatable bonds is 3. The molecule has 1 fully saturated rings. The summed E-state index contributed by atoms with van der Waals surface area (Å²) in [5, 5.41) is 4.35. The van der Waals surface area contributed by atoms with Crippen LogP contribution in [0.4, 0.5) is 0 Å². The summed E-state index contributed by atoms with van der Waals surface area (Å²) >= 11 is 9.67. The second-order valence-electron chi connectivity index (χ2n) is 4.49. The molecule has 1 atom stereocenters. The second kappa shape index (κ2) is 6.04. The fourth-order valence-electron chi connectivity index (χ4n) is 2.26. The van der Waals surface area contributed by atoms with Gasteiger partial charge in [0.1, 0.15) is 0 Å². The predicted octanol–water partition coefficient (Wildman–Crippen LogP) is 4.03. The lowest BCUT2D eigenvalue weighted by Crippen LogP contribution is -2.29. The van der Waals surface area contributed by atoms with E-state index in [9.17, 15) is 0 Å². The highest BCUT2D eigenvalue weighted by molar-refractivity contribution is 9.10. The van der Waals surface area contributed by atoms with Crippen molar-refractivity contribution in [3.05, 3.63) is 33.3 Å². The highest BCUT2D eigenvalue weighted by Crippen LogP contribution is 2.24. The summed E-state index contributed by atoms with van der Waals surface area (Å²) in [4.78, 5) is 0. The van der Waals surface area contributed by atoms with Crippen LogP contribution < -0.4 is 5.32 Å². The molecule has 88 valence electrons. The molecule has 1 N–H and O–H groups in total. The molecule has 2 rings (SSSR count). The van der Waals surface area contributed by atoms with E-state index >= 15 is 0 Å². The van der Waals surface area contributed by atoms with Gasteiger partial charge in [0.15, 0.2) is 0 Å². The van der Waals surface area contributed by atoms with E-state index in [0.717, 1.165) is 21.8 Å². The summed E-state index contributed by atoms with van der Waals surface area (Å²) in [6, 6.07) is 6.10. The van der Waals surface area contributed by atoms with Crippen LogP contribution in [0, 0.1) is 5.92 Å². The summed E-state index contributed by atoms with van der Waals surface area (Å²) in [5.41, 5.74) is 1.27. The Hall–Kier alpha value is -0.0500. The lowest BCUT2D eigenvalue weighted by Gasteiger charge is -2.22. The first kappa shape index (κ1) is 12.4. The zero-order chi connectivity index (χ0) is 11.4. The van der Waals surface area contributed by atoms with Crippen LogP contribution in [0.1, 0.15) is 24.8 Å². The Morgan fingerprint density at radius 3 is 3.06 bits per heavy atom. The Labute approximate surface area is 111 Å². The average molecular weight is 303 g/mol. The minimum atomic E-state index is 0.823. The zero-order valence-electron chi connectivity index (χ0n) is 9.31. The third kappa shape index (κ3) is 3.47. The van der Waals surface area contributed by atoms with E-state index in [1.54, 1.807) is 0 Å². The van der Waals surface area contributed by atoms with Gasteiger partial charge in [0.2, 0.25) is 0 Å². The SMILES string of the molecule is Clc1ccc(Br)cc1CCC1CCCNC1. The molecule has 0 amide bonds. The van der Waals surface area contributed by atoms with Gasteiger partial charge < -0.3 is 5.32 Å². The maximum atomic E-state index is 6.18. The van der Waals surface area contributed by atoms with Crippen molar-refractivity contribution in [2.24, 2.45) is 5.92 Å². The van der Waals surface area contributed by atoms with Crippen LogP contribution in [0.25, 0.3) is 0 Å². The molecule has 3 heteroatoms. The van der Waals surface area contributed by atoms with Crippen molar-refractivity contribution in [3.8, 4) is 0 Å². The molecule has 0 spiro atoms. The van der Waals surface area contributed by atoms with E-state index in [-0.39, 0.29) is 0 Å². The van der Waals surface area contributed by atoms with Gasteiger partial charge in [-0.25, -0.2) is 0 Å². The monoisotopic (exact) mass is 301 g/mol. The van der Waals surface area contributed by atoms with Crippen LogP contribution in [0.5, 0.6) is 0 Å². The smallest absolute Gasteiger partial charge is 0.0438 e. The van der Waals surface area contributed by atoms with E-state index < -0.39 is 0 Å². The van der Waals surface area contributed by atoms with Crippen LogP contribution in [0.15, 0.2) is 22.7 Å². The van der Waals surface area contributed by atoms with Crippen LogP contribution in [0.3, 0.4) is 0 Å². The van der Waals surface area contributed by atoms with Gasteiger partial charge in [0, 0.05) is 9.50 Å². The summed E-state index contributed by atoms with van der Waals surface area (Å²) < 4.78 is 1.12. The van der Waals surface area contributed by atoms with E-state index in [1.807, 2.05) is 12.1 Å². The Morgan fingerprint density at radius 2 is 2.31 bits per heavy atom. The second-order valence-corrected chi connectivity index (χ2v) is 5.81. The van der Waals surface area contributed by atoms with Crippen molar-refractivity contribution in [1.29, 1.82) is 0 Å². The van der Waals surface area contributed by atoms with Crippen LogP contribution >= 0.6 is 27.5 Å². The molecule has 0 aromatic heterocycles. The van der Waals surface area contributed by atoms with Crippen molar-refractivity contribution >= 4 is 27.5 Å². The molecule has 1 saturated heterocycles. The Balaban J connectivity index is 1.90. The lowest BCUT2D eigenvalue weighted by molar-refractivity contribution is 0.358. The largest absolute Gasteiger partial charge is 0.316 e. The van der Waals surface area contributed by atoms with Gasteiger partial charge in [-0.2, -0.15) is 0 Å². The van der Waals surface area contributed by atoms with E-state index in [2.05, 4.69) is 27.3 Å². The first-order valence-electron chi connectivity index (χ1n) is 5.90. The van der Waals surface area contributed by atoms with E-state index in [0.29, 0.717) is 0 Å². The van der Waals surface area contributed by atoms with Gasteiger partial charge in [-0.05, 0) is 68.5 Å². The van der Waals surface area contributed by atoms with Crippen molar-refractivity contribution < 1.29 is 0 Å². The van der Waals surface area contributed by atoms with Gasteiger partial charge in [-0.1, -0.05) is 27.5 Å². The Morgan fingerprint density at radius 1 is 1.44 bits per heavy atom.